The van der Waals surface area contributed by atoms with E-state index in [9.17, 15) is 5.11 Å². The van der Waals surface area contributed by atoms with Crippen LogP contribution >= 0.6 is 0 Å². The van der Waals surface area contributed by atoms with E-state index in [1.807, 2.05) is 6.92 Å². The van der Waals surface area contributed by atoms with Crippen molar-refractivity contribution in [2.24, 2.45) is 0 Å². The van der Waals surface area contributed by atoms with Crippen molar-refractivity contribution in [2.45, 2.75) is 38.8 Å². The number of likely N-dealkylation sites (tertiary alicyclic amines) is 1. The Morgan fingerprint density at radius 3 is 2.81 bits per heavy atom. The van der Waals surface area contributed by atoms with Gasteiger partial charge in [-0.25, -0.2) is 0 Å². The number of hydrogen-bond acceptors (Lipinski definition) is 2. The molecule has 0 amide bonds. The van der Waals surface area contributed by atoms with E-state index >= 15 is 0 Å². The highest BCUT2D eigenvalue weighted by atomic mass is 16.3. The van der Waals surface area contributed by atoms with Gasteiger partial charge in [-0.2, -0.15) is 0 Å². The molecule has 0 saturated carbocycles. The average molecular weight is 219 g/mol. The summed E-state index contributed by atoms with van der Waals surface area (Å²) in [4.78, 5) is 2.35. The van der Waals surface area contributed by atoms with Crippen LogP contribution in [0.4, 0.5) is 0 Å². The first-order chi connectivity index (χ1) is 7.57. The zero-order valence-corrected chi connectivity index (χ0v) is 10.2. The molecular formula is C14H21NO. The predicted octanol–water partition coefficient (Wildman–Crippen LogP) is 2.34. The summed E-state index contributed by atoms with van der Waals surface area (Å²) in [5.41, 5.74) is 2.22. The molecule has 2 nitrogen and oxygen atoms in total. The van der Waals surface area contributed by atoms with Crippen molar-refractivity contribution in [3.8, 4) is 0 Å². The number of piperidine rings is 1. The van der Waals surface area contributed by atoms with Gasteiger partial charge >= 0.3 is 0 Å². The molecule has 0 spiro atoms. The summed E-state index contributed by atoms with van der Waals surface area (Å²) in [6, 6.07) is 8.49. The maximum absolute atomic E-state index is 10.1. The van der Waals surface area contributed by atoms with Gasteiger partial charge in [-0.15, -0.1) is 0 Å². The van der Waals surface area contributed by atoms with Crippen molar-refractivity contribution in [3.63, 3.8) is 0 Å². The van der Waals surface area contributed by atoms with Crippen LogP contribution in [0.15, 0.2) is 24.3 Å². The van der Waals surface area contributed by atoms with Gasteiger partial charge in [0.05, 0.1) is 5.60 Å². The van der Waals surface area contributed by atoms with Crippen molar-refractivity contribution < 1.29 is 5.11 Å². The van der Waals surface area contributed by atoms with Crippen LogP contribution in [0.3, 0.4) is 0 Å². The fraction of sp³-hybridized carbons (Fsp3) is 0.571. The molecule has 1 heterocycles. The molecule has 1 fully saturated rings. The van der Waals surface area contributed by atoms with Crippen LogP contribution in [0, 0.1) is 6.92 Å². The third-order valence-corrected chi connectivity index (χ3v) is 3.41. The van der Waals surface area contributed by atoms with E-state index in [-0.39, 0.29) is 0 Å². The van der Waals surface area contributed by atoms with Gasteiger partial charge in [0.15, 0.2) is 0 Å². The maximum atomic E-state index is 10.1. The summed E-state index contributed by atoms with van der Waals surface area (Å²) in [7, 11) is 0. The molecule has 1 saturated heterocycles. The van der Waals surface area contributed by atoms with Crippen LogP contribution in [0.5, 0.6) is 0 Å². The zero-order valence-electron chi connectivity index (χ0n) is 10.2. The van der Waals surface area contributed by atoms with E-state index in [2.05, 4.69) is 36.1 Å². The first-order valence-electron chi connectivity index (χ1n) is 6.06. The Morgan fingerprint density at radius 2 is 2.12 bits per heavy atom. The lowest BCUT2D eigenvalue weighted by atomic mass is 9.94. The van der Waals surface area contributed by atoms with E-state index in [1.54, 1.807) is 0 Å². The lowest BCUT2D eigenvalue weighted by Gasteiger charge is -2.37. The highest BCUT2D eigenvalue weighted by Crippen LogP contribution is 2.22. The van der Waals surface area contributed by atoms with Gasteiger partial charge in [0, 0.05) is 13.1 Å². The first kappa shape index (κ1) is 11.6. The molecule has 1 aromatic carbocycles. The molecule has 1 unspecified atom stereocenters. The SMILES string of the molecule is Cc1ccccc1CN1CCCC(C)(O)C1. The molecule has 1 aromatic rings. The molecular weight excluding hydrogens is 198 g/mol. The molecule has 1 N–H and O–H groups in total. The molecule has 1 aliphatic rings. The second-order valence-corrected chi connectivity index (χ2v) is 5.24. The first-order valence-corrected chi connectivity index (χ1v) is 6.06. The van der Waals surface area contributed by atoms with Crippen molar-refractivity contribution in [1.82, 2.24) is 4.90 Å². The lowest BCUT2D eigenvalue weighted by Crippen LogP contribution is -2.45. The monoisotopic (exact) mass is 219 g/mol. The number of hydrogen-bond donors (Lipinski definition) is 1. The number of aliphatic hydroxyl groups is 1. The molecule has 0 aromatic heterocycles. The quantitative estimate of drug-likeness (QED) is 0.825. The summed E-state index contributed by atoms with van der Waals surface area (Å²) in [5.74, 6) is 0. The third-order valence-electron chi connectivity index (χ3n) is 3.41. The van der Waals surface area contributed by atoms with E-state index in [0.29, 0.717) is 0 Å². The number of β-amino-alcohol motifs (C(OH)–C–C–N with tert-alkyl or cyclic N) is 1. The van der Waals surface area contributed by atoms with E-state index in [0.717, 1.165) is 32.5 Å². The van der Waals surface area contributed by atoms with Gasteiger partial charge in [0.25, 0.3) is 0 Å². The van der Waals surface area contributed by atoms with Crippen molar-refractivity contribution in [3.05, 3.63) is 35.4 Å². The molecule has 0 radical (unpaired) electrons. The minimum absolute atomic E-state index is 0.499. The van der Waals surface area contributed by atoms with Gasteiger partial charge in [0.1, 0.15) is 0 Å². The largest absolute Gasteiger partial charge is 0.389 e. The van der Waals surface area contributed by atoms with Crippen LogP contribution in [0.2, 0.25) is 0 Å². The third kappa shape index (κ3) is 2.83. The average Bonchev–Trinajstić information content (AvgIpc) is 2.20. The lowest BCUT2D eigenvalue weighted by molar-refractivity contribution is -0.0182. The van der Waals surface area contributed by atoms with Crippen molar-refractivity contribution in [1.29, 1.82) is 0 Å². The maximum Gasteiger partial charge on any atom is 0.0746 e. The van der Waals surface area contributed by atoms with Crippen LogP contribution in [-0.4, -0.2) is 28.7 Å². The Morgan fingerprint density at radius 1 is 1.38 bits per heavy atom. The fourth-order valence-electron chi connectivity index (χ4n) is 2.49. The van der Waals surface area contributed by atoms with Gasteiger partial charge in [-0.1, -0.05) is 24.3 Å². The standard InChI is InChI=1S/C14H21NO/c1-12-6-3-4-7-13(12)10-15-9-5-8-14(2,16)11-15/h3-4,6-7,16H,5,8-11H2,1-2H3. The summed E-state index contributed by atoms with van der Waals surface area (Å²) in [5, 5.41) is 10.1. The van der Waals surface area contributed by atoms with Gasteiger partial charge in [0.2, 0.25) is 0 Å². The fourth-order valence-corrected chi connectivity index (χ4v) is 2.49. The molecule has 2 heteroatoms. The number of aryl methyl sites for hydroxylation is 1. The van der Waals surface area contributed by atoms with Crippen LogP contribution in [0.25, 0.3) is 0 Å². The smallest absolute Gasteiger partial charge is 0.0746 e. The Hall–Kier alpha value is -0.860. The molecule has 1 atom stereocenters. The van der Waals surface area contributed by atoms with Crippen molar-refractivity contribution in [2.75, 3.05) is 13.1 Å². The molecule has 88 valence electrons. The molecule has 2 rings (SSSR count). The van der Waals surface area contributed by atoms with Gasteiger partial charge < -0.3 is 5.11 Å². The normalized spacial score (nSPS) is 26.9. The molecule has 0 bridgehead atoms. The summed E-state index contributed by atoms with van der Waals surface area (Å²) < 4.78 is 0. The number of nitrogens with zero attached hydrogens (tertiary/aromatic N) is 1. The zero-order chi connectivity index (χ0) is 11.6. The van der Waals surface area contributed by atoms with E-state index in [4.69, 9.17) is 0 Å². The molecule has 16 heavy (non-hydrogen) atoms. The Balaban J connectivity index is 2.02. The van der Waals surface area contributed by atoms with Crippen LogP contribution in [0.1, 0.15) is 30.9 Å². The summed E-state index contributed by atoms with van der Waals surface area (Å²) in [6.07, 6.45) is 2.02. The molecule has 0 aliphatic carbocycles. The second kappa shape index (κ2) is 4.56. The minimum Gasteiger partial charge on any atom is -0.389 e. The van der Waals surface area contributed by atoms with Crippen LogP contribution in [-0.2, 0) is 6.54 Å². The van der Waals surface area contributed by atoms with Gasteiger partial charge in [-0.05, 0) is 44.4 Å². The summed E-state index contributed by atoms with van der Waals surface area (Å²) >= 11 is 0. The highest BCUT2D eigenvalue weighted by molar-refractivity contribution is 5.25. The number of rotatable bonds is 2. The second-order valence-electron chi connectivity index (χ2n) is 5.24. The summed E-state index contributed by atoms with van der Waals surface area (Å²) in [6.45, 7) is 6.95. The Bertz CT molecular complexity index is 360. The Kier molecular flexibility index (Phi) is 3.31. The predicted molar refractivity (Wildman–Crippen MR) is 66.3 cm³/mol. The topological polar surface area (TPSA) is 23.5 Å². The highest BCUT2D eigenvalue weighted by Gasteiger charge is 2.28. The van der Waals surface area contributed by atoms with E-state index in [1.165, 1.54) is 11.1 Å². The Labute approximate surface area is 97.9 Å². The van der Waals surface area contributed by atoms with Crippen LogP contribution < -0.4 is 0 Å². The van der Waals surface area contributed by atoms with E-state index < -0.39 is 5.60 Å². The minimum atomic E-state index is -0.499. The molecule has 1 aliphatic heterocycles. The van der Waals surface area contributed by atoms with Crippen molar-refractivity contribution >= 4 is 0 Å². The van der Waals surface area contributed by atoms with Gasteiger partial charge in [-0.3, -0.25) is 4.90 Å². The number of benzene rings is 1.